The highest BCUT2D eigenvalue weighted by molar-refractivity contribution is 7.92. The first-order valence-corrected chi connectivity index (χ1v) is 7.81. The fourth-order valence-electron chi connectivity index (χ4n) is 2.68. The normalized spacial score (nSPS) is 32.5. The zero-order valence-electron chi connectivity index (χ0n) is 9.41. The third-order valence-corrected chi connectivity index (χ3v) is 5.91. The van der Waals surface area contributed by atoms with Gasteiger partial charge in [-0.05, 0) is 38.1 Å². The standard InChI is InChI=1S/C11H21NO2S/c1-2-12-11(9-6-7-9)10-5-3-4-8-15(10,13)14/h9-12H,2-8H2,1H3. The van der Waals surface area contributed by atoms with Gasteiger partial charge in [-0.2, -0.15) is 0 Å². The number of sulfone groups is 1. The number of hydrogen-bond donors (Lipinski definition) is 1. The maximum absolute atomic E-state index is 12.0. The maximum Gasteiger partial charge on any atom is 0.154 e. The molecule has 0 radical (unpaired) electrons. The highest BCUT2D eigenvalue weighted by Crippen LogP contribution is 2.38. The van der Waals surface area contributed by atoms with Crippen LogP contribution in [0.3, 0.4) is 0 Å². The molecule has 0 bridgehead atoms. The summed E-state index contributed by atoms with van der Waals surface area (Å²) < 4.78 is 24.0. The van der Waals surface area contributed by atoms with Crippen LogP contribution in [0.5, 0.6) is 0 Å². The van der Waals surface area contributed by atoms with Crippen LogP contribution < -0.4 is 5.32 Å². The topological polar surface area (TPSA) is 46.2 Å². The van der Waals surface area contributed by atoms with Crippen molar-refractivity contribution >= 4 is 9.84 Å². The van der Waals surface area contributed by atoms with Crippen LogP contribution in [0.25, 0.3) is 0 Å². The molecule has 2 unspecified atom stereocenters. The molecular formula is C11H21NO2S. The summed E-state index contributed by atoms with van der Waals surface area (Å²) in [5.41, 5.74) is 0. The van der Waals surface area contributed by atoms with Gasteiger partial charge in [0.05, 0.1) is 11.0 Å². The van der Waals surface area contributed by atoms with Crippen LogP contribution in [0.15, 0.2) is 0 Å². The van der Waals surface area contributed by atoms with Gasteiger partial charge in [-0.3, -0.25) is 0 Å². The summed E-state index contributed by atoms with van der Waals surface area (Å²) in [6, 6.07) is 0.236. The molecule has 1 aliphatic heterocycles. The van der Waals surface area contributed by atoms with E-state index in [0.29, 0.717) is 11.7 Å². The van der Waals surface area contributed by atoms with Crippen LogP contribution in [0.1, 0.15) is 39.0 Å². The second kappa shape index (κ2) is 4.42. The van der Waals surface area contributed by atoms with Crippen LogP contribution >= 0.6 is 0 Å². The number of rotatable bonds is 4. The van der Waals surface area contributed by atoms with Gasteiger partial charge in [0.25, 0.3) is 0 Å². The van der Waals surface area contributed by atoms with E-state index in [-0.39, 0.29) is 11.3 Å². The van der Waals surface area contributed by atoms with Gasteiger partial charge in [-0.25, -0.2) is 8.42 Å². The first kappa shape index (κ1) is 11.4. The van der Waals surface area contributed by atoms with Crippen molar-refractivity contribution in [3.63, 3.8) is 0 Å². The van der Waals surface area contributed by atoms with E-state index in [1.54, 1.807) is 0 Å². The molecular weight excluding hydrogens is 210 g/mol. The van der Waals surface area contributed by atoms with Gasteiger partial charge in [0.1, 0.15) is 0 Å². The lowest BCUT2D eigenvalue weighted by Gasteiger charge is -2.30. The lowest BCUT2D eigenvalue weighted by atomic mass is 10.0. The molecule has 3 nitrogen and oxygen atoms in total. The van der Waals surface area contributed by atoms with E-state index in [1.165, 1.54) is 12.8 Å². The summed E-state index contributed by atoms with van der Waals surface area (Å²) in [5.74, 6) is 1.04. The summed E-state index contributed by atoms with van der Waals surface area (Å²) in [4.78, 5) is 0. The van der Waals surface area contributed by atoms with Crippen LogP contribution in [0, 0.1) is 5.92 Å². The minimum atomic E-state index is -2.81. The molecule has 1 saturated carbocycles. The predicted octanol–water partition coefficient (Wildman–Crippen LogP) is 1.34. The molecule has 0 spiro atoms. The molecule has 0 aromatic rings. The fourth-order valence-corrected chi connectivity index (χ4v) is 4.88. The van der Waals surface area contributed by atoms with Crippen molar-refractivity contribution in [3.8, 4) is 0 Å². The molecule has 4 heteroatoms. The van der Waals surface area contributed by atoms with Gasteiger partial charge in [-0.1, -0.05) is 13.3 Å². The fraction of sp³-hybridized carbons (Fsp3) is 1.00. The van der Waals surface area contributed by atoms with Crippen molar-refractivity contribution in [1.29, 1.82) is 0 Å². The van der Waals surface area contributed by atoms with Crippen molar-refractivity contribution in [1.82, 2.24) is 5.32 Å². The Bertz CT molecular complexity index is 309. The predicted molar refractivity (Wildman–Crippen MR) is 61.6 cm³/mol. The number of hydrogen-bond acceptors (Lipinski definition) is 3. The van der Waals surface area contributed by atoms with Crippen molar-refractivity contribution in [2.24, 2.45) is 5.92 Å². The summed E-state index contributed by atoms with van der Waals surface area (Å²) in [6.07, 6.45) is 5.24. The lowest BCUT2D eigenvalue weighted by molar-refractivity contribution is 0.410. The molecule has 2 fully saturated rings. The first-order valence-electron chi connectivity index (χ1n) is 6.10. The summed E-state index contributed by atoms with van der Waals surface area (Å²) in [7, 11) is -2.81. The maximum atomic E-state index is 12.0. The van der Waals surface area contributed by atoms with Crippen molar-refractivity contribution in [3.05, 3.63) is 0 Å². The molecule has 1 aliphatic carbocycles. The van der Waals surface area contributed by atoms with E-state index in [9.17, 15) is 8.42 Å². The Hall–Kier alpha value is -0.0900. The molecule has 2 aliphatic rings. The molecule has 88 valence electrons. The second-order valence-electron chi connectivity index (χ2n) is 4.82. The van der Waals surface area contributed by atoms with Gasteiger partial charge in [0.15, 0.2) is 9.84 Å². The monoisotopic (exact) mass is 231 g/mol. The summed E-state index contributed by atoms with van der Waals surface area (Å²) in [5, 5.41) is 3.29. The van der Waals surface area contributed by atoms with E-state index >= 15 is 0 Å². The average molecular weight is 231 g/mol. The van der Waals surface area contributed by atoms with Crippen LogP contribution in [-0.2, 0) is 9.84 Å². The molecule has 0 aromatic carbocycles. The minimum absolute atomic E-state index is 0.0984. The summed E-state index contributed by atoms with van der Waals surface area (Å²) >= 11 is 0. The van der Waals surface area contributed by atoms with Gasteiger partial charge < -0.3 is 5.32 Å². The molecule has 1 saturated heterocycles. The Balaban J connectivity index is 2.10. The molecule has 0 aromatic heterocycles. The van der Waals surface area contributed by atoms with E-state index in [4.69, 9.17) is 0 Å². The zero-order valence-corrected chi connectivity index (χ0v) is 10.2. The highest BCUT2D eigenvalue weighted by Gasteiger charge is 2.42. The Kier molecular flexibility index (Phi) is 3.36. The average Bonchev–Trinajstić information content (AvgIpc) is 2.98. The smallest absolute Gasteiger partial charge is 0.154 e. The molecule has 15 heavy (non-hydrogen) atoms. The Labute approximate surface area is 92.6 Å². The molecule has 0 amide bonds. The third-order valence-electron chi connectivity index (χ3n) is 3.60. The Morgan fingerprint density at radius 2 is 2.00 bits per heavy atom. The van der Waals surface area contributed by atoms with Gasteiger partial charge >= 0.3 is 0 Å². The van der Waals surface area contributed by atoms with Gasteiger partial charge in [-0.15, -0.1) is 0 Å². The van der Waals surface area contributed by atoms with Gasteiger partial charge in [0, 0.05) is 6.04 Å². The summed E-state index contributed by atoms with van der Waals surface area (Å²) in [6.45, 7) is 2.94. The molecule has 2 atom stereocenters. The van der Waals surface area contributed by atoms with Crippen LogP contribution in [0.2, 0.25) is 0 Å². The lowest BCUT2D eigenvalue weighted by Crippen LogP contribution is -2.47. The largest absolute Gasteiger partial charge is 0.313 e. The molecule has 1 heterocycles. The van der Waals surface area contributed by atoms with E-state index in [1.807, 2.05) is 0 Å². The van der Waals surface area contributed by atoms with Gasteiger partial charge in [0.2, 0.25) is 0 Å². The Morgan fingerprint density at radius 3 is 2.53 bits per heavy atom. The van der Waals surface area contributed by atoms with E-state index in [0.717, 1.165) is 25.8 Å². The molecule has 1 N–H and O–H groups in total. The first-order chi connectivity index (χ1) is 7.15. The van der Waals surface area contributed by atoms with Crippen LogP contribution in [-0.4, -0.2) is 32.0 Å². The minimum Gasteiger partial charge on any atom is -0.313 e. The quantitative estimate of drug-likeness (QED) is 0.794. The van der Waals surface area contributed by atoms with Crippen molar-refractivity contribution in [2.45, 2.75) is 50.3 Å². The third kappa shape index (κ3) is 2.53. The van der Waals surface area contributed by atoms with Crippen molar-refractivity contribution in [2.75, 3.05) is 12.3 Å². The van der Waals surface area contributed by atoms with Crippen molar-refractivity contribution < 1.29 is 8.42 Å². The second-order valence-corrected chi connectivity index (χ2v) is 7.16. The zero-order chi connectivity index (χ0) is 10.9. The number of nitrogens with one attached hydrogen (secondary N) is 1. The van der Waals surface area contributed by atoms with E-state index < -0.39 is 9.84 Å². The Morgan fingerprint density at radius 1 is 1.27 bits per heavy atom. The molecule has 2 rings (SSSR count). The SMILES string of the molecule is CCNC(C1CC1)C1CCCCS1(=O)=O. The van der Waals surface area contributed by atoms with E-state index in [2.05, 4.69) is 12.2 Å². The van der Waals surface area contributed by atoms with Crippen LogP contribution in [0.4, 0.5) is 0 Å². The highest BCUT2D eigenvalue weighted by atomic mass is 32.2.